The van der Waals surface area contributed by atoms with Crippen LogP contribution in [0, 0.1) is 0 Å². The molecule has 3 rings (SSSR count). The smallest absolute Gasteiger partial charge is 0.273 e. The molecule has 2 aliphatic rings. The number of hydrogen-bond donors (Lipinski definition) is 1. The maximum atomic E-state index is 12.1. The van der Waals surface area contributed by atoms with Crippen LogP contribution >= 0.6 is 0 Å². The number of nitrogens with one attached hydrogen (secondary N) is 1. The Kier molecular flexibility index (Phi) is 7.20. The third kappa shape index (κ3) is 6.05. The normalized spacial score (nSPS) is 19.8. The van der Waals surface area contributed by atoms with Gasteiger partial charge in [-0.1, -0.05) is 11.6 Å². The molecule has 8 nitrogen and oxygen atoms in total. The highest BCUT2D eigenvalue weighted by Crippen LogP contribution is 2.08. The van der Waals surface area contributed by atoms with Crippen LogP contribution in [-0.2, 0) is 11.3 Å². The van der Waals surface area contributed by atoms with E-state index in [0.29, 0.717) is 12.2 Å². The summed E-state index contributed by atoms with van der Waals surface area (Å²) in [6.07, 6.45) is 6.61. The molecule has 2 saturated heterocycles. The van der Waals surface area contributed by atoms with E-state index >= 15 is 0 Å². The number of carbonyl (C=O) groups excluding carboxylic acids is 1. The van der Waals surface area contributed by atoms with Gasteiger partial charge in [0.15, 0.2) is 5.69 Å². The Balaban J connectivity index is 1.32. The van der Waals surface area contributed by atoms with Crippen LogP contribution in [0.2, 0.25) is 0 Å². The van der Waals surface area contributed by atoms with E-state index in [-0.39, 0.29) is 5.91 Å². The van der Waals surface area contributed by atoms with Crippen molar-refractivity contribution in [2.75, 3.05) is 59.0 Å². The number of hydrogen-bond acceptors (Lipinski definition) is 6. The molecule has 3 heterocycles. The molecule has 0 unspecified atom stereocenters. The molecule has 1 N–H and O–H groups in total. The van der Waals surface area contributed by atoms with Crippen LogP contribution < -0.4 is 5.32 Å². The lowest BCUT2D eigenvalue weighted by atomic mass is 10.1. The maximum Gasteiger partial charge on any atom is 0.273 e. The molecule has 0 saturated carbocycles. The van der Waals surface area contributed by atoms with Gasteiger partial charge in [-0.05, 0) is 38.9 Å². The Morgan fingerprint density at radius 2 is 1.80 bits per heavy atom. The molecule has 8 heteroatoms. The number of nitrogens with zero attached hydrogens (tertiary/aromatic N) is 5. The molecule has 0 aromatic carbocycles. The third-order valence-corrected chi connectivity index (χ3v) is 4.91. The monoisotopic (exact) mass is 350 g/mol. The lowest BCUT2D eigenvalue weighted by Crippen LogP contribution is -2.38. The quantitative estimate of drug-likeness (QED) is 0.676. The number of morpholine rings is 1. The standard InChI is InChI=1S/C17H30N6O2/c24-17(18-5-4-8-22-11-13-25-14-12-22)16-15-23(20-19-16)10-9-21-6-2-1-3-7-21/h15H,1-14H2,(H,18,24). The molecule has 0 radical (unpaired) electrons. The number of carbonyl (C=O) groups is 1. The van der Waals surface area contributed by atoms with E-state index in [1.54, 1.807) is 10.9 Å². The van der Waals surface area contributed by atoms with Gasteiger partial charge in [0, 0.05) is 26.2 Å². The van der Waals surface area contributed by atoms with Crippen LogP contribution in [0.5, 0.6) is 0 Å². The molecule has 0 atom stereocenters. The van der Waals surface area contributed by atoms with Crippen LogP contribution in [0.1, 0.15) is 36.2 Å². The van der Waals surface area contributed by atoms with Gasteiger partial charge in [0.05, 0.1) is 26.0 Å². The molecule has 1 aromatic heterocycles. The molecular weight excluding hydrogens is 320 g/mol. The van der Waals surface area contributed by atoms with Gasteiger partial charge in [-0.15, -0.1) is 5.10 Å². The first-order valence-corrected chi connectivity index (χ1v) is 9.52. The Morgan fingerprint density at radius 3 is 2.60 bits per heavy atom. The minimum Gasteiger partial charge on any atom is -0.379 e. The third-order valence-electron chi connectivity index (χ3n) is 4.91. The SMILES string of the molecule is O=C(NCCCN1CCOCC1)c1cn(CCN2CCCCC2)nn1. The van der Waals surface area contributed by atoms with Crippen molar-refractivity contribution >= 4 is 5.91 Å². The first-order valence-electron chi connectivity index (χ1n) is 9.52. The second-order valence-corrected chi connectivity index (χ2v) is 6.83. The van der Waals surface area contributed by atoms with E-state index in [2.05, 4.69) is 25.4 Å². The fourth-order valence-electron chi connectivity index (χ4n) is 3.36. The summed E-state index contributed by atoms with van der Waals surface area (Å²) in [6, 6.07) is 0. The largest absolute Gasteiger partial charge is 0.379 e. The van der Waals surface area contributed by atoms with Crippen LogP contribution in [-0.4, -0.2) is 89.7 Å². The van der Waals surface area contributed by atoms with Gasteiger partial charge >= 0.3 is 0 Å². The average molecular weight is 350 g/mol. The molecule has 2 fully saturated rings. The van der Waals surface area contributed by atoms with E-state index < -0.39 is 0 Å². The molecule has 2 aliphatic heterocycles. The Hall–Kier alpha value is -1.51. The molecule has 1 aromatic rings. The Morgan fingerprint density at radius 1 is 1.04 bits per heavy atom. The van der Waals surface area contributed by atoms with E-state index in [9.17, 15) is 4.79 Å². The lowest BCUT2D eigenvalue weighted by molar-refractivity contribution is 0.0374. The van der Waals surface area contributed by atoms with Crippen molar-refractivity contribution in [1.82, 2.24) is 30.1 Å². The van der Waals surface area contributed by atoms with E-state index in [1.165, 1.54) is 32.4 Å². The number of rotatable bonds is 8. The average Bonchev–Trinajstić information content (AvgIpc) is 3.14. The van der Waals surface area contributed by atoms with Gasteiger partial charge in [0.1, 0.15) is 0 Å². The van der Waals surface area contributed by atoms with Gasteiger partial charge in [0.25, 0.3) is 5.91 Å². The Bertz CT molecular complexity index is 523. The maximum absolute atomic E-state index is 12.1. The summed E-state index contributed by atoms with van der Waals surface area (Å²) in [4.78, 5) is 17.0. The number of piperidine rings is 1. The molecular formula is C17H30N6O2. The summed E-state index contributed by atoms with van der Waals surface area (Å²) in [6.45, 7) is 9.36. The second kappa shape index (κ2) is 9.84. The minimum absolute atomic E-state index is 0.133. The molecule has 1 amide bonds. The van der Waals surface area contributed by atoms with Crippen LogP contribution in [0.3, 0.4) is 0 Å². The van der Waals surface area contributed by atoms with Crippen molar-refractivity contribution in [3.8, 4) is 0 Å². The highest BCUT2D eigenvalue weighted by molar-refractivity contribution is 5.91. The number of ether oxygens (including phenoxy) is 1. The number of aromatic nitrogens is 3. The van der Waals surface area contributed by atoms with E-state index in [0.717, 1.165) is 52.4 Å². The van der Waals surface area contributed by atoms with Gasteiger partial charge in [-0.3, -0.25) is 14.4 Å². The summed E-state index contributed by atoms with van der Waals surface area (Å²) >= 11 is 0. The molecule has 0 aliphatic carbocycles. The van der Waals surface area contributed by atoms with Gasteiger partial charge in [-0.2, -0.15) is 0 Å². The fourth-order valence-corrected chi connectivity index (χ4v) is 3.36. The zero-order valence-corrected chi connectivity index (χ0v) is 15.0. The van der Waals surface area contributed by atoms with Crippen molar-refractivity contribution in [1.29, 1.82) is 0 Å². The highest BCUT2D eigenvalue weighted by Gasteiger charge is 2.13. The Labute approximate surface area is 149 Å². The topological polar surface area (TPSA) is 75.5 Å². The molecule has 0 bridgehead atoms. The predicted octanol–water partition coefficient (Wildman–Crippen LogP) is 0.216. The van der Waals surface area contributed by atoms with E-state index in [1.807, 2.05) is 0 Å². The number of amides is 1. The van der Waals surface area contributed by atoms with Crippen LogP contribution in [0.25, 0.3) is 0 Å². The lowest BCUT2D eigenvalue weighted by Gasteiger charge is -2.26. The predicted molar refractivity (Wildman–Crippen MR) is 94.5 cm³/mol. The van der Waals surface area contributed by atoms with Gasteiger partial charge in [0.2, 0.25) is 0 Å². The van der Waals surface area contributed by atoms with Crippen LogP contribution in [0.4, 0.5) is 0 Å². The first kappa shape index (κ1) is 18.3. The summed E-state index contributed by atoms with van der Waals surface area (Å²) in [5, 5.41) is 11.0. The zero-order chi connectivity index (χ0) is 17.3. The van der Waals surface area contributed by atoms with Crippen molar-refractivity contribution < 1.29 is 9.53 Å². The van der Waals surface area contributed by atoms with Crippen molar-refractivity contribution in [2.24, 2.45) is 0 Å². The fraction of sp³-hybridized carbons (Fsp3) is 0.824. The van der Waals surface area contributed by atoms with Crippen LogP contribution in [0.15, 0.2) is 6.20 Å². The molecule has 140 valence electrons. The molecule has 0 spiro atoms. The highest BCUT2D eigenvalue weighted by atomic mass is 16.5. The number of likely N-dealkylation sites (tertiary alicyclic amines) is 1. The van der Waals surface area contributed by atoms with Crippen molar-refractivity contribution in [2.45, 2.75) is 32.2 Å². The van der Waals surface area contributed by atoms with Crippen molar-refractivity contribution in [3.05, 3.63) is 11.9 Å². The minimum atomic E-state index is -0.133. The second-order valence-electron chi connectivity index (χ2n) is 6.83. The zero-order valence-electron chi connectivity index (χ0n) is 15.0. The first-order chi connectivity index (χ1) is 12.3. The summed E-state index contributed by atoms with van der Waals surface area (Å²) < 4.78 is 7.11. The summed E-state index contributed by atoms with van der Waals surface area (Å²) in [5.41, 5.74) is 0.407. The molecule has 25 heavy (non-hydrogen) atoms. The van der Waals surface area contributed by atoms with Crippen molar-refractivity contribution in [3.63, 3.8) is 0 Å². The van der Waals surface area contributed by atoms with Gasteiger partial charge in [-0.25, -0.2) is 0 Å². The summed E-state index contributed by atoms with van der Waals surface area (Å²) in [7, 11) is 0. The summed E-state index contributed by atoms with van der Waals surface area (Å²) in [5.74, 6) is -0.133. The van der Waals surface area contributed by atoms with Gasteiger partial charge < -0.3 is 15.0 Å². The van der Waals surface area contributed by atoms with E-state index in [4.69, 9.17) is 4.74 Å².